The third kappa shape index (κ3) is 3.04. The van der Waals surface area contributed by atoms with Crippen LogP contribution in [0.25, 0.3) is 0 Å². The molecule has 1 aromatic rings. The van der Waals surface area contributed by atoms with Gasteiger partial charge in [0, 0.05) is 6.20 Å². The van der Waals surface area contributed by atoms with Crippen LogP contribution in [-0.4, -0.2) is 16.1 Å². The van der Waals surface area contributed by atoms with E-state index in [4.69, 9.17) is 16.7 Å². The Morgan fingerprint density at radius 1 is 1.71 bits per heavy atom. The minimum Gasteiger partial charge on any atom is -0.481 e. The molecule has 0 aliphatic carbocycles. The lowest BCUT2D eigenvalue weighted by Crippen LogP contribution is -1.92. The van der Waals surface area contributed by atoms with E-state index in [0.717, 1.165) is 6.07 Å². The predicted octanol–water partition coefficient (Wildman–Crippen LogP) is 1.70. The second-order valence-corrected chi connectivity index (χ2v) is 2.79. The van der Waals surface area contributed by atoms with Crippen LogP contribution in [0.1, 0.15) is 12.1 Å². The third-order valence-electron chi connectivity index (χ3n) is 1.25. The number of hydrogen-bond donors (Lipinski definition) is 1. The van der Waals surface area contributed by atoms with E-state index in [1.165, 1.54) is 6.20 Å². The highest BCUT2D eigenvalue weighted by Crippen LogP contribution is 2.10. The van der Waals surface area contributed by atoms with Gasteiger partial charge in [0.05, 0.1) is 5.02 Å². The average molecular weight is 214 g/mol. The lowest BCUT2D eigenvalue weighted by molar-refractivity contribution is -0.135. The lowest BCUT2D eigenvalue weighted by atomic mass is 10.3. The maximum atomic E-state index is 13.0. The number of rotatable bonds is 1. The van der Waals surface area contributed by atoms with E-state index in [9.17, 15) is 9.18 Å². The molecule has 1 N–H and O–H groups in total. The predicted molar refractivity (Wildman–Crippen MR) is 48.3 cm³/mol. The molecule has 72 valence electrons. The monoisotopic (exact) mass is 213 g/mol. The zero-order valence-corrected chi connectivity index (χ0v) is 7.68. The van der Waals surface area contributed by atoms with Crippen molar-refractivity contribution >= 4 is 17.6 Å². The van der Waals surface area contributed by atoms with Crippen LogP contribution >= 0.6 is 11.6 Å². The van der Waals surface area contributed by atoms with Gasteiger partial charge in [-0.15, -0.1) is 0 Å². The van der Waals surface area contributed by atoms with Gasteiger partial charge in [0.2, 0.25) is 0 Å². The first-order chi connectivity index (χ1) is 6.59. The Kier molecular flexibility index (Phi) is 3.43. The van der Waals surface area contributed by atoms with Gasteiger partial charge in [-0.2, -0.15) is 0 Å². The minimum absolute atomic E-state index is 0.101. The second-order valence-electron chi connectivity index (χ2n) is 2.36. The van der Waals surface area contributed by atoms with E-state index in [0.29, 0.717) is 0 Å². The van der Waals surface area contributed by atoms with E-state index in [-0.39, 0.29) is 17.1 Å². The molecule has 0 aliphatic heterocycles. The van der Waals surface area contributed by atoms with Crippen molar-refractivity contribution in [3.05, 3.63) is 28.8 Å². The molecule has 14 heavy (non-hydrogen) atoms. The van der Waals surface area contributed by atoms with Gasteiger partial charge in [0.1, 0.15) is 12.1 Å². The first-order valence-corrected chi connectivity index (χ1v) is 3.99. The maximum Gasteiger partial charge on any atom is 0.315 e. The number of carboxylic acids is 1. The van der Waals surface area contributed by atoms with Crippen molar-refractivity contribution in [1.29, 1.82) is 0 Å². The Hall–Kier alpha value is -1.60. The summed E-state index contributed by atoms with van der Waals surface area (Å²) in [4.78, 5) is 13.7. The van der Waals surface area contributed by atoms with Gasteiger partial charge in [-0.25, -0.2) is 9.37 Å². The van der Waals surface area contributed by atoms with E-state index < -0.39 is 11.8 Å². The zero-order valence-electron chi connectivity index (χ0n) is 6.92. The van der Waals surface area contributed by atoms with E-state index in [1.54, 1.807) is 0 Å². The van der Waals surface area contributed by atoms with E-state index in [1.807, 2.05) is 0 Å². The number of aliphatic carboxylic acids is 1. The SMILES string of the molecule is O=C(O)CC#Cc1ncc(Cl)cc1F. The van der Waals surface area contributed by atoms with Gasteiger partial charge in [-0.1, -0.05) is 17.5 Å². The molecule has 0 fully saturated rings. The second kappa shape index (κ2) is 4.58. The van der Waals surface area contributed by atoms with Gasteiger partial charge in [0.15, 0.2) is 5.82 Å². The number of nitrogens with zero attached hydrogens (tertiary/aromatic N) is 1. The number of pyridine rings is 1. The lowest BCUT2D eigenvalue weighted by Gasteiger charge is -1.92. The van der Waals surface area contributed by atoms with Crippen LogP contribution in [0.3, 0.4) is 0 Å². The van der Waals surface area contributed by atoms with Gasteiger partial charge in [-0.05, 0) is 12.0 Å². The number of carbonyl (C=O) groups is 1. The molecule has 5 heteroatoms. The molecule has 0 spiro atoms. The summed E-state index contributed by atoms with van der Waals surface area (Å²) in [5.41, 5.74) is -0.101. The Morgan fingerprint density at radius 3 is 3.00 bits per heavy atom. The van der Waals surface area contributed by atoms with E-state index >= 15 is 0 Å². The fourth-order valence-electron chi connectivity index (χ4n) is 0.710. The summed E-state index contributed by atoms with van der Waals surface area (Å²) in [6, 6.07) is 1.07. The molecule has 0 saturated heterocycles. The van der Waals surface area contributed by atoms with Crippen LogP contribution in [0.4, 0.5) is 4.39 Å². The smallest absolute Gasteiger partial charge is 0.315 e. The highest BCUT2D eigenvalue weighted by molar-refractivity contribution is 6.30. The fraction of sp³-hybridized carbons (Fsp3) is 0.111. The summed E-state index contributed by atoms with van der Waals surface area (Å²) in [7, 11) is 0. The summed E-state index contributed by atoms with van der Waals surface area (Å²) < 4.78 is 13.0. The average Bonchev–Trinajstić information content (AvgIpc) is 2.08. The van der Waals surface area contributed by atoms with Crippen molar-refractivity contribution in [2.24, 2.45) is 0 Å². The van der Waals surface area contributed by atoms with Gasteiger partial charge >= 0.3 is 5.97 Å². The molecule has 0 atom stereocenters. The van der Waals surface area contributed by atoms with Crippen molar-refractivity contribution in [2.75, 3.05) is 0 Å². The quantitative estimate of drug-likeness (QED) is 0.723. The molecule has 0 bridgehead atoms. The van der Waals surface area contributed by atoms with Crippen molar-refractivity contribution < 1.29 is 14.3 Å². The number of carboxylic acid groups (broad SMARTS) is 1. The molecule has 1 aromatic heterocycles. The van der Waals surface area contributed by atoms with Crippen LogP contribution < -0.4 is 0 Å². The Balaban J connectivity index is 2.85. The topological polar surface area (TPSA) is 50.2 Å². The molecular formula is C9H5ClFNO2. The van der Waals surface area contributed by atoms with Crippen LogP contribution in [0.5, 0.6) is 0 Å². The van der Waals surface area contributed by atoms with Crippen molar-refractivity contribution in [1.82, 2.24) is 4.98 Å². The molecule has 3 nitrogen and oxygen atoms in total. The summed E-state index contributed by atoms with van der Waals surface area (Å²) in [6.45, 7) is 0. The summed E-state index contributed by atoms with van der Waals surface area (Å²) in [6.07, 6.45) is 0.902. The molecule has 0 unspecified atom stereocenters. The molecule has 0 radical (unpaired) electrons. The first kappa shape index (κ1) is 10.5. The molecule has 1 heterocycles. The summed E-state index contributed by atoms with van der Waals surface area (Å²) in [5, 5.41) is 8.44. The molecule has 0 saturated carbocycles. The van der Waals surface area contributed by atoms with Gasteiger partial charge < -0.3 is 5.11 Å². The third-order valence-corrected chi connectivity index (χ3v) is 1.46. The summed E-state index contributed by atoms with van der Waals surface area (Å²) in [5.74, 6) is 2.84. The zero-order chi connectivity index (χ0) is 10.6. The summed E-state index contributed by atoms with van der Waals surface area (Å²) >= 11 is 5.46. The molecule has 1 rings (SSSR count). The van der Waals surface area contributed by atoms with Crippen LogP contribution in [0.2, 0.25) is 5.02 Å². The Labute approximate surface area is 84.5 Å². The molecule has 0 amide bonds. The van der Waals surface area contributed by atoms with Crippen LogP contribution in [0, 0.1) is 17.7 Å². The highest BCUT2D eigenvalue weighted by atomic mass is 35.5. The normalized spacial score (nSPS) is 9.00. The number of halogens is 2. The van der Waals surface area contributed by atoms with Crippen molar-refractivity contribution in [3.63, 3.8) is 0 Å². The van der Waals surface area contributed by atoms with Crippen LogP contribution in [0.15, 0.2) is 12.3 Å². The Morgan fingerprint density at radius 2 is 2.43 bits per heavy atom. The first-order valence-electron chi connectivity index (χ1n) is 3.61. The van der Waals surface area contributed by atoms with Crippen molar-refractivity contribution in [2.45, 2.75) is 6.42 Å². The standard InChI is InChI=1S/C9H5ClFNO2/c10-6-4-7(11)8(12-5-6)2-1-3-9(13)14/h4-5H,3H2,(H,13,14). The minimum atomic E-state index is -1.06. The van der Waals surface area contributed by atoms with Crippen molar-refractivity contribution in [3.8, 4) is 11.8 Å². The number of aromatic nitrogens is 1. The van der Waals surface area contributed by atoms with Gasteiger partial charge in [0.25, 0.3) is 0 Å². The molecular weight excluding hydrogens is 209 g/mol. The molecule has 0 aromatic carbocycles. The fourth-order valence-corrected chi connectivity index (χ4v) is 0.855. The Bertz CT molecular complexity index is 423. The highest BCUT2D eigenvalue weighted by Gasteiger charge is 2.00. The molecule has 0 aliphatic rings. The van der Waals surface area contributed by atoms with E-state index in [2.05, 4.69) is 16.8 Å². The maximum absolute atomic E-state index is 13.0. The van der Waals surface area contributed by atoms with Crippen LogP contribution in [-0.2, 0) is 4.79 Å². The largest absolute Gasteiger partial charge is 0.481 e. The number of hydrogen-bond acceptors (Lipinski definition) is 2. The van der Waals surface area contributed by atoms with Gasteiger partial charge in [-0.3, -0.25) is 4.79 Å².